The molecule has 0 aromatic heterocycles. The summed E-state index contributed by atoms with van der Waals surface area (Å²) in [6.07, 6.45) is -1.76. The molecule has 0 amide bonds. The number of hydrogen-bond acceptors (Lipinski definition) is 3. The number of halogens is 3. The van der Waals surface area contributed by atoms with Crippen LogP contribution in [0.5, 0.6) is 0 Å². The molecule has 0 unspecified atom stereocenters. The lowest BCUT2D eigenvalue weighted by atomic mass is 10.1. The highest BCUT2D eigenvalue weighted by Crippen LogP contribution is 2.34. The molecule has 2 aliphatic rings. The fourth-order valence-corrected chi connectivity index (χ4v) is 3.01. The Morgan fingerprint density at radius 3 is 2.29 bits per heavy atom. The van der Waals surface area contributed by atoms with Crippen LogP contribution < -0.4 is 10.6 Å². The molecule has 0 bridgehead atoms. The first-order valence-electron chi connectivity index (χ1n) is 7.38. The molecular weight excluding hydrogens is 279 g/mol. The van der Waals surface area contributed by atoms with Crippen molar-refractivity contribution in [3.8, 4) is 0 Å². The van der Waals surface area contributed by atoms with Gasteiger partial charge in [-0.3, -0.25) is 4.90 Å². The van der Waals surface area contributed by atoms with Gasteiger partial charge in [0.25, 0.3) is 0 Å². The molecule has 0 atom stereocenters. The quantitative estimate of drug-likeness (QED) is 0.930. The van der Waals surface area contributed by atoms with Crippen molar-refractivity contribution < 1.29 is 13.2 Å². The SMILES string of the molecule is NCc1cc(N2CCN(C3CC3)CC2)ccc1C(F)(F)F. The summed E-state index contributed by atoms with van der Waals surface area (Å²) >= 11 is 0. The van der Waals surface area contributed by atoms with E-state index in [1.807, 2.05) is 0 Å². The summed E-state index contributed by atoms with van der Waals surface area (Å²) in [5.41, 5.74) is 5.89. The third-order valence-electron chi connectivity index (χ3n) is 4.36. The third kappa shape index (κ3) is 3.16. The van der Waals surface area contributed by atoms with Gasteiger partial charge in [-0.2, -0.15) is 13.2 Å². The zero-order valence-corrected chi connectivity index (χ0v) is 11.9. The fourth-order valence-electron chi connectivity index (χ4n) is 3.01. The van der Waals surface area contributed by atoms with Crippen molar-refractivity contribution in [2.45, 2.75) is 31.6 Å². The molecule has 116 valence electrons. The van der Waals surface area contributed by atoms with Crippen molar-refractivity contribution in [3.63, 3.8) is 0 Å². The second-order valence-electron chi connectivity index (χ2n) is 5.80. The van der Waals surface area contributed by atoms with Gasteiger partial charge in [-0.05, 0) is 36.6 Å². The summed E-state index contributed by atoms with van der Waals surface area (Å²) in [6.45, 7) is 3.62. The predicted octanol–water partition coefficient (Wildman–Crippen LogP) is 2.45. The second-order valence-corrected chi connectivity index (χ2v) is 5.80. The first-order chi connectivity index (χ1) is 9.99. The lowest BCUT2D eigenvalue weighted by Crippen LogP contribution is -2.47. The molecule has 2 N–H and O–H groups in total. The molecule has 1 saturated heterocycles. The van der Waals surface area contributed by atoms with Crippen LogP contribution in [0.3, 0.4) is 0 Å². The zero-order valence-electron chi connectivity index (χ0n) is 11.9. The largest absolute Gasteiger partial charge is 0.416 e. The van der Waals surface area contributed by atoms with Crippen LogP contribution in [0.1, 0.15) is 24.0 Å². The second kappa shape index (κ2) is 5.50. The molecule has 1 aliphatic heterocycles. The summed E-state index contributed by atoms with van der Waals surface area (Å²) in [5, 5.41) is 0. The van der Waals surface area contributed by atoms with E-state index >= 15 is 0 Å². The molecular formula is C15H20F3N3. The average molecular weight is 299 g/mol. The maximum Gasteiger partial charge on any atom is 0.416 e. The summed E-state index contributed by atoms with van der Waals surface area (Å²) < 4.78 is 38.6. The topological polar surface area (TPSA) is 32.5 Å². The average Bonchev–Trinajstić information content (AvgIpc) is 3.30. The Morgan fingerprint density at radius 2 is 1.76 bits per heavy atom. The standard InChI is InChI=1S/C15H20F3N3/c16-15(17,18)14-4-3-13(9-11(14)10-19)21-7-5-20(6-8-21)12-1-2-12/h3-4,9,12H,1-2,5-8,10,19H2. The Labute approximate surface area is 122 Å². The number of nitrogens with two attached hydrogens (primary N) is 1. The number of nitrogens with zero attached hydrogens (tertiary/aromatic N) is 2. The minimum atomic E-state index is -4.34. The van der Waals surface area contributed by atoms with Crippen LogP contribution in [0.2, 0.25) is 0 Å². The molecule has 1 saturated carbocycles. The summed E-state index contributed by atoms with van der Waals surface area (Å²) in [6, 6.07) is 5.06. The van der Waals surface area contributed by atoms with Gasteiger partial charge >= 0.3 is 6.18 Å². The zero-order chi connectivity index (χ0) is 15.0. The molecule has 2 fully saturated rings. The number of benzene rings is 1. The van der Waals surface area contributed by atoms with Crippen molar-refractivity contribution in [1.29, 1.82) is 0 Å². The lowest BCUT2D eigenvalue weighted by molar-refractivity contribution is -0.138. The van der Waals surface area contributed by atoms with Gasteiger partial charge in [0.05, 0.1) is 5.56 Å². The lowest BCUT2D eigenvalue weighted by Gasteiger charge is -2.36. The number of alkyl halides is 3. The van der Waals surface area contributed by atoms with Crippen molar-refractivity contribution in [2.75, 3.05) is 31.1 Å². The maximum atomic E-state index is 12.9. The van der Waals surface area contributed by atoms with Crippen LogP contribution in [0, 0.1) is 0 Å². The van der Waals surface area contributed by atoms with Crippen LogP contribution >= 0.6 is 0 Å². The molecule has 21 heavy (non-hydrogen) atoms. The van der Waals surface area contributed by atoms with Crippen molar-refractivity contribution >= 4 is 5.69 Å². The van der Waals surface area contributed by atoms with Crippen LogP contribution in [-0.2, 0) is 12.7 Å². The Morgan fingerprint density at radius 1 is 1.10 bits per heavy atom. The normalized spacial score (nSPS) is 20.9. The van der Waals surface area contributed by atoms with Gasteiger partial charge in [-0.15, -0.1) is 0 Å². The Kier molecular flexibility index (Phi) is 3.84. The Bertz CT molecular complexity index is 503. The van der Waals surface area contributed by atoms with Gasteiger partial charge < -0.3 is 10.6 Å². The summed E-state index contributed by atoms with van der Waals surface area (Å²) in [4.78, 5) is 4.63. The van der Waals surface area contributed by atoms with E-state index in [4.69, 9.17) is 5.73 Å². The van der Waals surface area contributed by atoms with E-state index in [0.717, 1.165) is 44.0 Å². The molecule has 0 radical (unpaired) electrons. The van der Waals surface area contributed by atoms with E-state index in [9.17, 15) is 13.2 Å². The Hall–Kier alpha value is -1.27. The minimum absolute atomic E-state index is 0.0925. The highest BCUT2D eigenvalue weighted by Gasteiger charge is 2.34. The summed E-state index contributed by atoms with van der Waals surface area (Å²) in [7, 11) is 0. The van der Waals surface area contributed by atoms with Crippen LogP contribution in [0.25, 0.3) is 0 Å². The van der Waals surface area contributed by atoms with Crippen molar-refractivity contribution in [3.05, 3.63) is 29.3 Å². The smallest absolute Gasteiger partial charge is 0.369 e. The van der Waals surface area contributed by atoms with Crippen molar-refractivity contribution in [2.24, 2.45) is 5.73 Å². The molecule has 1 aromatic carbocycles. The summed E-state index contributed by atoms with van der Waals surface area (Å²) in [5.74, 6) is 0. The van der Waals surface area contributed by atoms with Crippen LogP contribution in [0.4, 0.5) is 18.9 Å². The van der Waals surface area contributed by atoms with Gasteiger partial charge in [0.2, 0.25) is 0 Å². The Balaban J connectivity index is 1.74. The van der Waals surface area contributed by atoms with Gasteiger partial charge in [0, 0.05) is 44.5 Å². The van der Waals surface area contributed by atoms with Gasteiger partial charge in [-0.25, -0.2) is 0 Å². The van der Waals surface area contributed by atoms with Crippen LogP contribution in [-0.4, -0.2) is 37.1 Å². The highest BCUT2D eigenvalue weighted by atomic mass is 19.4. The third-order valence-corrected chi connectivity index (χ3v) is 4.36. The number of anilines is 1. The highest BCUT2D eigenvalue weighted by molar-refractivity contribution is 5.52. The number of hydrogen-bond donors (Lipinski definition) is 1. The maximum absolute atomic E-state index is 12.9. The fraction of sp³-hybridized carbons (Fsp3) is 0.600. The molecule has 1 aliphatic carbocycles. The molecule has 3 nitrogen and oxygen atoms in total. The van der Waals surface area contributed by atoms with Gasteiger partial charge in [0.15, 0.2) is 0 Å². The molecule has 1 heterocycles. The van der Waals surface area contributed by atoms with E-state index in [-0.39, 0.29) is 12.1 Å². The minimum Gasteiger partial charge on any atom is -0.369 e. The predicted molar refractivity (Wildman–Crippen MR) is 76.1 cm³/mol. The first-order valence-corrected chi connectivity index (χ1v) is 7.38. The monoisotopic (exact) mass is 299 g/mol. The molecule has 6 heteroatoms. The first kappa shape index (κ1) is 14.7. The van der Waals surface area contributed by atoms with Crippen molar-refractivity contribution in [1.82, 2.24) is 4.90 Å². The van der Waals surface area contributed by atoms with Gasteiger partial charge in [0.1, 0.15) is 0 Å². The van der Waals surface area contributed by atoms with Gasteiger partial charge in [-0.1, -0.05) is 0 Å². The van der Waals surface area contributed by atoms with E-state index in [0.29, 0.717) is 0 Å². The van der Waals surface area contributed by atoms with E-state index in [2.05, 4.69) is 9.80 Å². The molecule has 0 spiro atoms. The van der Waals surface area contributed by atoms with E-state index in [1.165, 1.54) is 12.8 Å². The van der Waals surface area contributed by atoms with Crippen LogP contribution in [0.15, 0.2) is 18.2 Å². The molecule has 3 rings (SSSR count). The van der Waals surface area contributed by atoms with E-state index in [1.54, 1.807) is 12.1 Å². The molecule has 1 aromatic rings. The number of rotatable bonds is 3. The van der Waals surface area contributed by atoms with E-state index < -0.39 is 11.7 Å². The number of piperazine rings is 1.